The Kier molecular flexibility index (Phi) is 5.17. The molecule has 0 heterocycles. The number of urea groups is 2. The Morgan fingerprint density at radius 2 is 1.78 bits per heavy atom. The zero-order valence-corrected chi connectivity index (χ0v) is 11.0. The van der Waals surface area contributed by atoms with Crippen molar-refractivity contribution in [2.24, 2.45) is 0 Å². The number of nitrogens with zero attached hydrogens (tertiary/aromatic N) is 2. The van der Waals surface area contributed by atoms with E-state index in [1.165, 1.54) is 11.9 Å². The summed E-state index contributed by atoms with van der Waals surface area (Å²) in [6.45, 7) is 2.61. The number of benzene rings is 1. The van der Waals surface area contributed by atoms with Gasteiger partial charge in [0.1, 0.15) is 0 Å². The average molecular weight is 249 g/mol. The third-order valence-corrected chi connectivity index (χ3v) is 2.50. The van der Waals surface area contributed by atoms with E-state index < -0.39 is 6.03 Å². The normalized spacial score (nSPS) is 9.72. The van der Waals surface area contributed by atoms with Gasteiger partial charge in [0.2, 0.25) is 0 Å². The van der Waals surface area contributed by atoms with Gasteiger partial charge in [0.25, 0.3) is 0 Å². The van der Waals surface area contributed by atoms with E-state index >= 15 is 0 Å². The zero-order valence-electron chi connectivity index (χ0n) is 11.0. The van der Waals surface area contributed by atoms with Gasteiger partial charge in [0.05, 0.1) is 0 Å². The Labute approximate surface area is 107 Å². The van der Waals surface area contributed by atoms with Crippen LogP contribution in [-0.4, -0.2) is 42.5 Å². The minimum Gasteiger partial charge on any atom is -0.327 e. The van der Waals surface area contributed by atoms with Crippen LogP contribution < -0.4 is 5.32 Å². The highest BCUT2D eigenvalue weighted by molar-refractivity contribution is 6.00. The van der Waals surface area contributed by atoms with E-state index in [1.54, 1.807) is 19.2 Å². The second-order valence-corrected chi connectivity index (χ2v) is 4.06. The number of amides is 4. The molecule has 1 aromatic rings. The van der Waals surface area contributed by atoms with Gasteiger partial charge in [-0.25, -0.2) is 14.5 Å². The van der Waals surface area contributed by atoms with E-state index in [2.05, 4.69) is 5.32 Å². The predicted octanol–water partition coefficient (Wildman–Crippen LogP) is 2.61. The lowest BCUT2D eigenvalue weighted by Gasteiger charge is -2.23. The molecule has 0 fully saturated rings. The van der Waals surface area contributed by atoms with Gasteiger partial charge in [-0.3, -0.25) is 0 Å². The number of carbonyl (C=O) groups excluding carboxylic acids is 2. The lowest BCUT2D eigenvalue weighted by molar-refractivity contribution is 0.175. The van der Waals surface area contributed by atoms with Crippen LogP contribution in [0.2, 0.25) is 0 Å². The van der Waals surface area contributed by atoms with Crippen molar-refractivity contribution in [1.29, 1.82) is 0 Å². The van der Waals surface area contributed by atoms with Crippen molar-refractivity contribution in [2.45, 2.75) is 13.3 Å². The van der Waals surface area contributed by atoms with E-state index in [0.717, 1.165) is 11.3 Å². The van der Waals surface area contributed by atoms with E-state index in [4.69, 9.17) is 0 Å². The summed E-state index contributed by atoms with van der Waals surface area (Å²) >= 11 is 0. The SMILES string of the molecule is CCCN(C)C(=O)N(C)C(=O)Nc1ccccc1. The van der Waals surface area contributed by atoms with Gasteiger partial charge in [-0.2, -0.15) is 0 Å². The highest BCUT2D eigenvalue weighted by atomic mass is 16.2. The first-order chi connectivity index (χ1) is 8.56. The maximum atomic E-state index is 11.9. The maximum absolute atomic E-state index is 11.9. The van der Waals surface area contributed by atoms with Crippen LogP contribution in [0, 0.1) is 0 Å². The molecule has 1 N–H and O–H groups in total. The van der Waals surface area contributed by atoms with Crippen molar-refractivity contribution in [3.8, 4) is 0 Å². The zero-order chi connectivity index (χ0) is 13.5. The molecule has 1 aromatic carbocycles. The lowest BCUT2D eigenvalue weighted by atomic mass is 10.3. The van der Waals surface area contributed by atoms with Crippen LogP contribution in [0.3, 0.4) is 0 Å². The molecule has 5 nitrogen and oxygen atoms in total. The highest BCUT2D eigenvalue weighted by Crippen LogP contribution is 2.06. The summed E-state index contributed by atoms with van der Waals surface area (Å²) in [5.41, 5.74) is 0.667. The predicted molar refractivity (Wildman–Crippen MR) is 71.5 cm³/mol. The van der Waals surface area contributed by atoms with E-state index in [1.807, 2.05) is 25.1 Å². The molecule has 0 aliphatic rings. The van der Waals surface area contributed by atoms with Gasteiger partial charge in [0, 0.05) is 26.3 Å². The molecule has 0 atom stereocenters. The average Bonchev–Trinajstić information content (AvgIpc) is 2.38. The number of hydrogen-bond donors (Lipinski definition) is 1. The van der Waals surface area contributed by atoms with Gasteiger partial charge < -0.3 is 10.2 Å². The molecule has 0 saturated carbocycles. The summed E-state index contributed by atoms with van der Waals surface area (Å²) in [5, 5.41) is 2.66. The highest BCUT2D eigenvalue weighted by Gasteiger charge is 2.19. The van der Waals surface area contributed by atoms with Crippen LogP contribution in [0.5, 0.6) is 0 Å². The lowest BCUT2D eigenvalue weighted by Crippen LogP contribution is -2.44. The smallest absolute Gasteiger partial charge is 0.327 e. The van der Waals surface area contributed by atoms with Crippen LogP contribution >= 0.6 is 0 Å². The second kappa shape index (κ2) is 6.64. The number of rotatable bonds is 3. The van der Waals surface area contributed by atoms with Crippen molar-refractivity contribution in [3.63, 3.8) is 0 Å². The van der Waals surface area contributed by atoms with Crippen molar-refractivity contribution >= 4 is 17.7 Å². The Balaban J connectivity index is 2.59. The number of imide groups is 1. The third-order valence-electron chi connectivity index (χ3n) is 2.50. The molecule has 0 unspecified atom stereocenters. The first-order valence-corrected chi connectivity index (χ1v) is 5.91. The fraction of sp³-hybridized carbons (Fsp3) is 0.385. The fourth-order valence-corrected chi connectivity index (χ4v) is 1.50. The first-order valence-electron chi connectivity index (χ1n) is 5.91. The minimum absolute atomic E-state index is 0.315. The van der Waals surface area contributed by atoms with Gasteiger partial charge >= 0.3 is 12.1 Å². The van der Waals surface area contributed by atoms with Crippen molar-refractivity contribution in [3.05, 3.63) is 30.3 Å². The monoisotopic (exact) mass is 249 g/mol. The van der Waals surface area contributed by atoms with Crippen molar-refractivity contribution in [2.75, 3.05) is 26.0 Å². The number of para-hydroxylation sites is 1. The third kappa shape index (κ3) is 3.76. The quantitative estimate of drug-likeness (QED) is 0.895. The van der Waals surface area contributed by atoms with E-state index in [0.29, 0.717) is 12.2 Å². The molecule has 98 valence electrons. The molecule has 5 heteroatoms. The maximum Gasteiger partial charge on any atom is 0.329 e. The Morgan fingerprint density at radius 1 is 1.17 bits per heavy atom. The van der Waals surface area contributed by atoms with Gasteiger partial charge in [-0.15, -0.1) is 0 Å². The molecule has 0 bridgehead atoms. The molecule has 4 amide bonds. The number of hydrogen-bond acceptors (Lipinski definition) is 2. The second-order valence-electron chi connectivity index (χ2n) is 4.06. The molecule has 0 radical (unpaired) electrons. The topological polar surface area (TPSA) is 52.7 Å². The molecule has 1 rings (SSSR count). The summed E-state index contributed by atoms with van der Waals surface area (Å²) in [5.74, 6) is 0. The van der Waals surface area contributed by atoms with Crippen LogP contribution in [-0.2, 0) is 0 Å². The van der Waals surface area contributed by atoms with Crippen LogP contribution in [0.4, 0.5) is 15.3 Å². The standard InChI is InChI=1S/C13H19N3O2/c1-4-10-15(2)13(18)16(3)12(17)14-11-8-6-5-7-9-11/h5-9H,4,10H2,1-3H3,(H,14,17). The summed E-state index contributed by atoms with van der Waals surface area (Å²) in [4.78, 5) is 26.3. The molecular weight excluding hydrogens is 230 g/mol. The Bertz CT molecular complexity index is 406. The first kappa shape index (κ1) is 14.0. The van der Waals surface area contributed by atoms with Gasteiger partial charge in [-0.05, 0) is 18.6 Å². The molecule has 18 heavy (non-hydrogen) atoms. The van der Waals surface area contributed by atoms with Crippen molar-refractivity contribution < 1.29 is 9.59 Å². The van der Waals surface area contributed by atoms with Gasteiger partial charge in [-0.1, -0.05) is 25.1 Å². The fourth-order valence-electron chi connectivity index (χ4n) is 1.50. The molecule has 0 spiro atoms. The summed E-state index contributed by atoms with van der Waals surface area (Å²) < 4.78 is 0. The summed E-state index contributed by atoms with van der Waals surface area (Å²) in [6, 6.07) is 8.29. The minimum atomic E-state index is -0.436. The molecule has 0 aliphatic carbocycles. The van der Waals surface area contributed by atoms with Crippen LogP contribution in [0.15, 0.2) is 30.3 Å². The molecule has 0 aromatic heterocycles. The van der Waals surface area contributed by atoms with Gasteiger partial charge in [0.15, 0.2) is 0 Å². The number of anilines is 1. The Hall–Kier alpha value is -2.04. The molecule has 0 saturated heterocycles. The van der Waals surface area contributed by atoms with E-state index in [-0.39, 0.29) is 6.03 Å². The molecular formula is C13H19N3O2. The van der Waals surface area contributed by atoms with Crippen molar-refractivity contribution in [1.82, 2.24) is 9.80 Å². The van der Waals surface area contributed by atoms with E-state index in [9.17, 15) is 9.59 Å². The van der Waals surface area contributed by atoms with Crippen LogP contribution in [0.1, 0.15) is 13.3 Å². The Morgan fingerprint density at radius 3 is 2.33 bits per heavy atom. The summed E-state index contributed by atoms with van der Waals surface area (Å²) in [6.07, 6.45) is 0.858. The molecule has 0 aliphatic heterocycles. The number of nitrogens with one attached hydrogen (secondary N) is 1. The number of carbonyl (C=O) groups is 2. The van der Waals surface area contributed by atoms with Crippen LogP contribution in [0.25, 0.3) is 0 Å². The summed E-state index contributed by atoms with van der Waals surface area (Å²) in [7, 11) is 3.14. The largest absolute Gasteiger partial charge is 0.329 e.